The van der Waals surface area contributed by atoms with Gasteiger partial charge in [-0.2, -0.15) is 0 Å². The molecule has 23 heavy (non-hydrogen) atoms. The Hall–Kier alpha value is -2.47. The third-order valence-corrected chi connectivity index (χ3v) is 4.39. The maximum absolute atomic E-state index is 12.2. The Labute approximate surface area is 133 Å². The molecule has 6 heteroatoms. The molecule has 0 aliphatic carbocycles. The van der Waals surface area contributed by atoms with Gasteiger partial charge < -0.3 is 0 Å². The first-order valence-corrected chi connectivity index (χ1v) is 7.94. The van der Waals surface area contributed by atoms with E-state index < -0.39 is 0 Å². The smallest absolute Gasteiger partial charge is 0.272 e. The highest BCUT2D eigenvalue weighted by Gasteiger charge is 2.27. The lowest BCUT2D eigenvalue weighted by Crippen LogP contribution is -2.25. The van der Waals surface area contributed by atoms with Crippen LogP contribution in [0.1, 0.15) is 36.0 Å². The summed E-state index contributed by atoms with van der Waals surface area (Å²) in [4.78, 5) is 23.7. The van der Waals surface area contributed by atoms with E-state index >= 15 is 0 Å². The summed E-state index contributed by atoms with van der Waals surface area (Å²) in [5, 5.41) is 3.00. The van der Waals surface area contributed by atoms with Crippen molar-refractivity contribution in [3.8, 4) is 0 Å². The Balaban J connectivity index is 1.63. The Kier molecular flexibility index (Phi) is 3.46. The van der Waals surface area contributed by atoms with Gasteiger partial charge in [0.2, 0.25) is 0 Å². The number of aromatic nitrogens is 4. The van der Waals surface area contributed by atoms with Crippen LogP contribution in [-0.4, -0.2) is 31.0 Å². The van der Waals surface area contributed by atoms with Crippen LogP contribution in [0.3, 0.4) is 0 Å². The van der Waals surface area contributed by atoms with Crippen LogP contribution in [-0.2, 0) is 6.54 Å². The first-order chi connectivity index (χ1) is 11.2. The fourth-order valence-corrected chi connectivity index (χ4v) is 3.37. The monoisotopic (exact) mass is 309 g/mol. The minimum absolute atomic E-state index is 0.0633. The molecule has 1 unspecified atom stereocenters. The van der Waals surface area contributed by atoms with Crippen LogP contribution in [0.25, 0.3) is 5.65 Å². The molecule has 6 nitrogen and oxygen atoms in total. The molecule has 0 radical (unpaired) electrons. The zero-order valence-electron chi connectivity index (χ0n) is 13.1. The van der Waals surface area contributed by atoms with E-state index in [1.54, 1.807) is 6.07 Å². The third kappa shape index (κ3) is 2.66. The van der Waals surface area contributed by atoms with Crippen LogP contribution in [0, 0.1) is 6.92 Å². The molecule has 4 rings (SSSR count). The molecule has 3 aromatic heterocycles. The fraction of sp³-hybridized carbons (Fsp3) is 0.353. The van der Waals surface area contributed by atoms with E-state index in [0.29, 0.717) is 18.2 Å². The zero-order chi connectivity index (χ0) is 15.8. The van der Waals surface area contributed by atoms with Crippen molar-refractivity contribution in [3.05, 3.63) is 64.0 Å². The second-order valence-corrected chi connectivity index (χ2v) is 6.10. The SMILES string of the molecule is Cc1cc2nc(CN3CCCC3c3ccccn3)cc(=O)n2[nH]1. The number of hydrogen-bond acceptors (Lipinski definition) is 4. The molecule has 1 atom stereocenters. The zero-order valence-corrected chi connectivity index (χ0v) is 13.1. The van der Waals surface area contributed by atoms with E-state index in [0.717, 1.165) is 36.5 Å². The van der Waals surface area contributed by atoms with E-state index in [1.165, 1.54) is 4.52 Å². The highest BCUT2D eigenvalue weighted by Crippen LogP contribution is 2.31. The van der Waals surface area contributed by atoms with Gasteiger partial charge in [-0.25, -0.2) is 9.50 Å². The summed E-state index contributed by atoms with van der Waals surface area (Å²) in [6.45, 7) is 3.61. The van der Waals surface area contributed by atoms with Crippen molar-refractivity contribution in [2.45, 2.75) is 32.4 Å². The molecule has 4 heterocycles. The molecule has 0 aromatic carbocycles. The largest absolute Gasteiger partial charge is 0.294 e. The number of rotatable bonds is 3. The highest BCUT2D eigenvalue weighted by molar-refractivity contribution is 5.39. The van der Waals surface area contributed by atoms with Crippen molar-refractivity contribution in [2.24, 2.45) is 0 Å². The lowest BCUT2D eigenvalue weighted by molar-refractivity contribution is 0.241. The average Bonchev–Trinajstić information content (AvgIpc) is 3.14. The number of nitrogens with one attached hydrogen (secondary N) is 1. The summed E-state index contributed by atoms with van der Waals surface area (Å²) in [6, 6.07) is 9.86. The molecule has 0 amide bonds. The molecular weight excluding hydrogens is 290 g/mol. The second-order valence-electron chi connectivity index (χ2n) is 6.10. The van der Waals surface area contributed by atoms with Gasteiger partial charge in [-0.05, 0) is 38.4 Å². The molecule has 1 aliphatic rings. The molecule has 118 valence electrons. The standard InChI is InChI=1S/C17H19N5O/c1-12-9-16-19-13(10-17(23)22(16)20-12)11-21-8-4-6-15(21)14-5-2-3-7-18-14/h2-3,5,7,9-10,15,20H,4,6,8,11H2,1H3. The molecule has 1 N–H and O–H groups in total. The minimum Gasteiger partial charge on any atom is -0.294 e. The van der Waals surface area contributed by atoms with Gasteiger partial charge >= 0.3 is 0 Å². The van der Waals surface area contributed by atoms with Gasteiger partial charge in [-0.1, -0.05) is 6.07 Å². The number of likely N-dealkylation sites (tertiary alicyclic amines) is 1. The summed E-state index contributed by atoms with van der Waals surface area (Å²) in [7, 11) is 0. The summed E-state index contributed by atoms with van der Waals surface area (Å²) in [5.41, 5.74) is 3.46. The van der Waals surface area contributed by atoms with E-state index in [1.807, 2.05) is 31.3 Å². The molecule has 1 saturated heterocycles. The van der Waals surface area contributed by atoms with Crippen LogP contribution in [0.2, 0.25) is 0 Å². The summed E-state index contributed by atoms with van der Waals surface area (Å²) >= 11 is 0. The molecule has 0 bridgehead atoms. The van der Waals surface area contributed by atoms with Crippen molar-refractivity contribution >= 4 is 5.65 Å². The summed E-state index contributed by atoms with van der Waals surface area (Å²) < 4.78 is 1.49. The van der Waals surface area contributed by atoms with Crippen LogP contribution in [0.15, 0.2) is 41.3 Å². The first-order valence-electron chi connectivity index (χ1n) is 7.94. The summed E-state index contributed by atoms with van der Waals surface area (Å²) in [5.74, 6) is 0. The topological polar surface area (TPSA) is 66.3 Å². The fourth-order valence-electron chi connectivity index (χ4n) is 3.37. The Morgan fingerprint density at radius 3 is 3.09 bits per heavy atom. The number of aryl methyl sites for hydroxylation is 1. The van der Waals surface area contributed by atoms with E-state index in [-0.39, 0.29) is 5.56 Å². The normalized spacial score (nSPS) is 18.7. The molecule has 1 fully saturated rings. The maximum atomic E-state index is 12.2. The summed E-state index contributed by atoms with van der Waals surface area (Å²) in [6.07, 6.45) is 4.08. The Morgan fingerprint density at radius 1 is 1.35 bits per heavy atom. The number of H-pyrrole nitrogens is 1. The lowest BCUT2D eigenvalue weighted by atomic mass is 10.1. The Bertz CT molecular complexity index is 883. The van der Waals surface area contributed by atoms with Gasteiger partial charge in [0.15, 0.2) is 5.65 Å². The highest BCUT2D eigenvalue weighted by atomic mass is 16.1. The van der Waals surface area contributed by atoms with Gasteiger partial charge in [-0.15, -0.1) is 0 Å². The molecule has 0 saturated carbocycles. The van der Waals surface area contributed by atoms with Crippen LogP contribution in [0.5, 0.6) is 0 Å². The van der Waals surface area contributed by atoms with Crippen molar-refractivity contribution < 1.29 is 0 Å². The second kappa shape index (κ2) is 5.62. The van der Waals surface area contributed by atoms with Crippen LogP contribution < -0.4 is 5.56 Å². The number of aromatic amines is 1. The minimum atomic E-state index is -0.0633. The Morgan fingerprint density at radius 2 is 2.26 bits per heavy atom. The molecular formula is C17H19N5O. The first kappa shape index (κ1) is 14.1. The lowest BCUT2D eigenvalue weighted by Gasteiger charge is -2.23. The number of pyridine rings is 1. The number of fused-ring (bicyclic) bond motifs is 1. The quantitative estimate of drug-likeness (QED) is 0.804. The van der Waals surface area contributed by atoms with Crippen molar-refractivity contribution in [1.82, 2.24) is 24.5 Å². The number of nitrogens with zero attached hydrogens (tertiary/aromatic N) is 4. The molecule has 0 spiro atoms. The van der Waals surface area contributed by atoms with Crippen molar-refractivity contribution in [1.29, 1.82) is 0 Å². The van der Waals surface area contributed by atoms with Gasteiger partial charge in [-0.3, -0.25) is 19.8 Å². The van der Waals surface area contributed by atoms with Gasteiger partial charge in [0.05, 0.1) is 17.4 Å². The predicted octanol–water partition coefficient (Wildman–Crippen LogP) is 2.06. The molecule has 1 aliphatic heterocycles. The van der Waals surface area contributed by atoms with Crippen LogP contribution >= 0.6 is 0 Å². The van der Waals surface area contributed by atoms with Gasteiger partial charge in [0.25, 0.3) is 5.56 Å². The van der Waals surface area contributed by atoms with E-state index in [4.69, 9.17) is 0 Å². The van der Waals surface area contributed by atoms with Crippen LogP contribution in [0.4, 0.5) is 0 Å². The number of hydrogen-bond donors (Lipinski definition) is 1. The predicted molar refractivity (Wildman–Crippen MR) is 87.2 cm³/mol. The van der Waals surface area contributed by atoms with Gasteiger partial charge in [0.1, 0.15) is 0 Å². The third-order valence-electron chi connectivity index (χ3n) is 4.39. The molecule has 3 aromatic rings. The van der Waals surface area contributed by atoms with Crippen molar-refractivity contribution in [2.75, 3.05) is 6.54 Å². The van der Waals surface area contributed by atoms with Crippen molar-refractivity contribution in [3.63, 3.8) is 0 Å². The van der Waals surface area contributed by atoms with E-state index in [2.05, 4.69) is 26.0 Å². The average molecular weight is 309 g/mol. The maximum Gasteiger partial charge on any atom is 0.272 e. The van der Waals surface area contributed by atoms with E-state index in [9.17, 15) is 4.79 Å². The van der Waals surface area contributed by atoms with Gasteiger partial charge in [0, 0.05) is 30.6 Å².